The van der Waals surface area contributed by atoms with Gasteiger partial charge in [-0.1, -0.05) is 11.8 Å². The fourth-order valence-electron chi connectivity index (χ4n) is 3.39. The van der Waals surface area contributed by atoms with Gasteiger partial charge in [0.25, 0.3) is 0 Å². The molecule has 1 saturated heterocycles. The van der Waals surface area contributed by atoms with Crippen LogP contribution in [0.25, 0.3) is 11.3 Å². The van der Waals surface area contributed by atoms with Crippen LogP contribution in [0, 0.1) is 5.82 Å². The van der Waals surface area contributed by atoms with Crippen molar-refractivity contribution in [2.24, 2.45) is 0 Å². The van der Waals surface area contributed by atoms with E-state index in [2.05, 4.69) is 15.3 Å². The number of amides is 1. The minimum atomic E-state index is -3.48. The molecule has 0 aliphatic carbocycles. The second-order valence-electron chi connectivity index (χ2n) is 7.49. The zero-order valence-corrected chi connectivity index (χ0v) is 19.0. The summed E-state index contributed by atoms with van der Waals surface area (Å²) >= 11 is 1.26. The van der Waals surface area contributed by atoms with Gasteiger partial charge in [-0.2, -0.15) is 4.31 Å². The van der Waals surface area contributed by atoms with Gasteiger partial charge >= 0.3 is 0 Å². The summed E-state index contributed by atoms with van der Waals surface area (Å²) in [6.45, 7) is 2.85. The number of halogens is 1. The van der Waals surface area contributed by atoms with E-state index < -0.39 is 15.3 Å². The van der Waals surface area contributed by atoms with Crippen LogP contribution in [0.15, 0.2) is 64.8 Å². The second kappa shape index (κ2) is 9.43. The molecule has 32 heavy (non-hydrogen) atoms. The molecule has 7 nitrogen and oxygen atoms in total. The molecule has 0 bridgehead atoms. The molecule has 0 saturated carbocycles. The van der Waals surface area contributed by atoms with Crippen molar-refractivity contribution in [2.75, 3.05) is 18.4 Å². The molecule has 1 aliphatic rings. The predicted molar refractivity (Wildman–Crippen MR) is 122 cm³/mol. The van der Waals surface area contributed by atoms with Gasteiger partial charge in [0.05, 0.1) is 22.0 Å². The third kappa shape index (κ3) is 5.03. The number of hydrogen-bond donors (Lipinski definition) is 2. The fourth-order valence-corrected chi connectivity index (χ4v) is 5.69. The molecule has 1 amide bonds. The Labute approximate surface area is 190 Å². The fraction of sp³-hybridized carbons (Fsp3) is 0.273. The van der Waals surface area contributed by atoms with Gasteiger partial charge in [-0.05, 0) is 73.9 Å². The van der Waals surface area contributed by atoms with E-state index in [0.29, 0.717) is 23.9 Å². The Bertz CT molecular complexity index is 1190. The van der Waals surface area contributed by atoms with Gasteiger partial charge < -0.3 is 10.3 Å². The largest absolute Gasteiger partial charge is 0.333 e. The number of hydrogen-bond acceptors (Lipinski definition) is 5. The molecule has 1 atom stereocenters. The molecule has 0 spiro atoms. The van der Waals surface area contributed by atoms with Crippen LogP contribution in [-0.2, 0) is 14.8 Å². The number of nitrogens with zero attached hydrogens (tertiary/aromatic N) is 2. The first kappa shape index (κ1) is 22.5. The average molecular weight is 475 g/mol. The standard InChI is InChI=1S/C22H23FN4O3S2/c1-15(31-22-24-14-20(26-22)16-4-6-17(23)7-5-16)21(28)25-18-8-10-19(11-9-18)32(29,30)27-12-2-3-13-27/h4-11,14-15H,2-3,12-13H2,1H3,(H,24,26)(H,25,28)/t15-/m0/s1. The Morgan fingerprint density at radius 3 is 2.44 bits per heavy atom. The van der Waals surface area contributed by atoms with Crippen molar-refractivity contribution in [1.82, 2.24) is 14.3 Å². The molecule has 0 radical (unpaired) electrons. The number of thioether (sulfide) groups is 1. The number of aromatic nitrogens is 2. The lowest BCUT2D eigenvalue weighted by Gasteiger charge is -2.16. The van der Waals surface area contributed by atoms with Crippen LogP contribution in [0.4, 0.5) is 10.1 Å². The van der Waals surface area contributed by atoms with Crippen LogP contribution in [-0.4, -0.2) is 46.9 Å². The maximum atomic E-state index is 13.1. The number of imidazole rings is 1. The van der Waals surface area contributed by atoms with Crippen LogP contribution < -0.4 is 5.32 Å². The quantitative estimate of drug-likeness (QED) is 0.503. The van der Waals surface area contributed by atoms with Gasteiger partial charge in [0.1, 0.15) is 5.82 Å². The number of benzene rings is 2. The first-order valence-electron chi connectivity index (χ1n) is 10.2. The smallest absolute Gasteiger partial charge is 0.243 e. The van der Waals surface area contributed by atoms with Gasteiger partial charge in [-0.3, -0.25) is 4.79 Å². The van der Waals surface area contributed by atoms with E-state index in [4.69, 9.17) is 0 Å². The van der Waals surface area contributed by atoms with Crippen molar-refractivity contribution >= 4 is 33.4 Å². The van der Waals surface area contributed by atoms with Crippen LogP contribution in [0.5, 0.6) is 0 Å². The van der Waals surface area contributed by atoms with Gasteiger partial charge in [0, 0.05) is 18.8 Å². The Kier molecular flexibility index (Phi) is 6.63. The summed E-state index contributed by atoms with van der Waals surface area (Å²) in [6.07, 6.45) is 3.40. The molecule has 1 aliphatic heterocycles. The van der Waals surface area contributed by atoms with Gasteiger partial charge in [0.15, 0.2) is 5.16 Å². The highest BCUT2D eigenvalue weighted by Gasteiger charge is 2.27. The van der Waals surface area contributed by atoms with Crippen LogP contribution in [0.1, 0.15) is 19.8 Å². The molecule has 3 aromatic rings. The number of sulfonamides is 1. The molecular formula is C22H23FN4O3S2. The lowest BCUT2D eigenvalue weighted by Crippen LogP contribution is -2.27. The first-order valence-corrected chi connectivity index (χ1v) is 12.5. The third-order valence-electron chi connectivity index (χ3n) is 5.19. The van der Waals surface area contributed by atoms with Crippen LogP contribution in [0.3, 0.4) is 0 Å². The molecule has 4 rings (SSSR count). The first-order chi connectivity index (χ1) is 15.3. The average Bonchev–Trinajstić information content (AvgIpc) is 3.47. The Balaban J connectivity index is 1.36. The monoisotopic (exact) mass is 474 g/mol. The number of rotatable bonds is 7. The van der Waals surface area contributed by atoms with Crippen molar-refractivity contribution in [2.45, 2.75) is 35.1 Å². The normalized spacial score (nSPS) is 15.6. The summed E-state index contributed by atoms with van der Waals surface area (Å²) in [7, 11) is -3.48. The highest BCUT2D eigenvalue weighted by Crippen LogP contribution is 2.26. The van der Waals surface area contributed by atoms with Crippen molar-refractivity contribution in [3.63, 3.8) is 0 Å². The summed E-state index contributed by atoms with van der Waals surface area (Å²) in [4.78, 5) is 20.2. The molecule has 2 aromatic carbocycles. The predicted octanol–water partition coefficient (Wildman–Crippen LogP) is 4.12. The van der Waals surface area contributed by atoms with Crippen molar-refractivity contribution < 1.29 is 17.6 Å². The number of aromatic amines is 1. The lowest BCUT2D eigenvalue weighted by molar-refractivity contribution is -0.115. The van der Waals surface area contributed by atoms with Gasteiger partial charge in [0.2, 0.25) is 15.9 Å². The Morgan fingerprint density at radius 2 is 1.78 bits per heavy atom. The number of H-pyrrole nitrogens is 1. The van der Waals surface area contributed by atoms with Crippen LogP contribution >= 0.6 is 11.8 Å². The van der Waals surface area contributed by atoms with E-state index in [1.54, 1.807) is 37.4 Å². The van der Waals surface area contributed by atoms with E-state index in [9.17, 15) is 17.6 Å². The molecule has 10 heteroatoms. The van der Waals surface area contributed by atoms with Crippen LogP contribution in [0.2, 0.25) is 0 Å². The summed E-state index contributed by atoms with van der Waals surface area (Å²) in [5.74, 6) is -0.542. The topological polar surface area (TPSA) is 95.2 Å². The SMILES string of the molecule is C[C@H](Sc1ncc(-c2ccc(F)cc2)[nH]1)C(=O)Nc1ccc(S(=O)(=O)N2CCCC2)cc1. The van der Waals surface area contributed by atoms with E-state index in [1.165, 1.54) is 40.3 Å². The zero-order valence-electron chi connectivity index (χ0n) is 17.4. The summed E-state index contributed by atoms with van der Waals surface area (Å²) in [5, 5.41) is 2.92. The number of carbonyl (C=O) groups is 1. The maximum Gasteiger partial charge on any atom is 0.243 e. The molecule has 2 heterocycles. The molecule has 2 N–H and O–H groups in total. The van der Waals surface area contributed by atoms with Crippen molar-refractivity contribution in [3.05, 3.63) is 60.5 Å². The highest BCUT2D eigenvalue weighted by molar-refractivity contribution is 8.00. The van der Waals surface area contributed by atoms with E-state index in [0.717, 1.165) is 24.1 Å². The second-order valence-corrected chi connectivity index (χ2v) is 10.8. The summed E-state index contributed by atoms with van der Waals surface area (Å²) in [5.41, 5.74) is 2.05. The number of nitrogens with one attached hydrogen (secondary N) is 2. The molecular weight excluding hydrogens is 451 g/mol. The Morgan fingerprint density at radius 1 is 1.12 bits per heavy atom. The zero-order chi connectivity index (χ0) is 22.7. The van der Waals surface area contributed by atoms with Gasteiger partial charge in [-0.25, -0.2) is 17.8 Å². The van der Waals surface area contributed by atoms with Crippen molar-refractivity contribution in [3.8, 4) is 11.3 Å². The minimum Gasteiger partial charge on any atom is -0.333 e. The Hall–Kier alpha value is -2.69. The molecule has 1 aromatic heterocycles. The molecule has 0 unspecified atom stereocenters. The molecule has 1 fully saturated rings. The van der Waals surface area contributed by atoms with Gasteiger partial charge in [-0.15, -0.1) is 0 Å². The summed E-state index contributed by atoms with van der Waals surface area (Å²) in [6, 6.07) is 12.3. The van der Waals surface area contributed by atoms with E-state index >= 15 is 0 Å². The molecule has 168 valence electrons. The summed E-state index contributed by atoms with van der Waals surface area (Å²) < 4.78 is 39.8. The number of carbonyl (C=O) groups excluding carboxylic acids is 1. The van der Waals surface area contributed by atoms with E-state index in [1.807, 2.05) is 0 Å². The number of anilines is 1. The van der Waals surface area contributed by atoms with Crippen molar-refractivity contribution in [1.29, 1.82) is 0 Å². The highest BCUT2D eigenvalue weighted by atomic mass is 32.2. The lowest BCUT2D eigenvalue weighted by atomic mass is 10.2. The maximum absolute atomic E-state index is 13.1. The minimum absolute atomic E-state index is 0.226. The van der Waals surface area contributed by atoms with E-state index in [-0.39, 0.29) is 16.6 Å². The third-order valence-corrected chi connectivity index (χ3v) is 8.10.